The Morgan fingerprint density at radius 1 is 1.23 bits per heavy atom. The lowest BCUT2D eigenvalue weighted by molar-refractivity contribution is 0.0582. The highest BCUT2D eigenvalue weighted by Crippen LogP contribution is 2.55. The predicted octanol–water partition coefficient (Wildman–Crippen LogP) is 2.37. The summed E-state index contributed by atoms with van der Waals surface area (Å²) in [5.74, 6) is 2.48. The van der Waals surface area contributed by atoms with Crippen LogP contribution in [0.2, 0.25) is 5.02 Å². The van der Waals surface area contributed by atoms with Gasteiger partial charge in [0.1, 0.15) is 11.6 Å². The van der Waals surface area contributed by atoms with Crippen LogP contribution >= 0.6 is 11.6 Å². The summed E-state index contributed by atoms with van der Waals surface area (Å²) in [7, 11) is -1.20. The molecule has 0 unspecified atom stereocenters. The van der Waals surface area contributed by atoms with Gasteiger partial charge in [-0.05, 0) is 32.1 Å². The number of aliphatic hydroxyl groups is 1. The number of halogens is 1. The fraction of sp³-hybridized carbons (Fsp3) is 0.600. The molecule has 160 valence electrons. The van der Waals surface area contributed by atoms with Gasteiger partial charge in [0.05, 0.1) is 39.1 Å². The molecule has 2 aromatic rings. The lowest BCUT2D eigenvalue weighted by Crippen LogP contribution is -2.62. The van der Waals surface area contributed by atoms with Gasteiger partial charge in [0.25, 0.3) is 0 Å². The number of hydrogen-bond donors (Lipinski definition) is 2. The van der Waals surface area contributed by atoms with Crippen LogP contribution in [-0.4, -0.2) is 60.7 Å². The molecular weight excluding hydrogens is 424 g/mol. The summed E-state index contributed by atoms with van der Waals surface area (Å²) in [6.45, 7) is 1.84. The summed E-state index contributed by atoms with van der Waals surface area (Å²) in [6.07, 6.45) is 11.6. The van der Waals surface area contributed by atoms with Crippen molar-refractivity contribution in [2.24, 2.45) is 5.41 Å². The first kappa shape index (κ1) is 20.1. The molecule has 3 aliphatic rings. The number of aliphatic hydroxyl groups excluding tert-OH is 1. The quantitative estimate of drug-likeness (QED) is 0.694. The molecule has 2 saturated carbocycles. The number of rotatable bonds is 6. The van der Waals surface area contributed by atoms with Crippen molar-refractivity contribution in [3.8, 4) is 0 Å². The van der Waals surface area contributed by atoms with Crippen LogP contribution in [0.1, 0.15) is 43.8 Å². The van der Waals surface area contributed by atoms with Crippen LogP contribution < -0.4 is 10.2 Å². The fourth-order valence-electron chi connectivity index (χ4n) is 4.86. The van der Waals surface area contributed by atoms with Crippen LogP contribution in [-0.2, 0) is 10.8 Å². The Kier molecular flexibility index (Phi) is 4.95. The SMILES string of the molecule is C[S@](=O)c1cnc(N2CC3(CC(c4ncc(Cl)cn4)C3)C2)nc1NC1(CO)CCC1. The molecule has 3 fully saturated rings. The molecule has 1 atom stereocenters. The predicted molar refractivity (Wildman–Crippen MR) is 115 cm³/mol. The van der Waals surface area contributed by atoms with Crippen molar-refractivity contribution >= 4 is 34.2 Å². The van der Waals surface area contributed by atoms with Crippen molar-refractivity contribution in [3.63, 3.8) is 0 Å². The van der Waals surface area contributed by atoms with Crippen molar-refractivity contribution in [2.45, 2.75) is 48.5 Å². The molecule has 1 spiro atoms. The second kappa shape index (κ2) is 7.39. The van der Waals surface area contributed by atoms with E-state index in [2.05, 4.69) is 25.2 Å². The standard InChI is InChI=1S/C20H25ClN6O2S/c1-30(29)15-9-24-18(25-17(15)26-20(12-28)3-2-4-20)27-10-19(11-27)5-13(6-19)16-22-7-14(21)8-23-16/h7-9,13,28H,2-6,10-12H2,1H3,(H,24,25,26)/t30-/m0/s1. The molecule has 1 aliphatic heterocycles. The third kappa shape index (κ3) is 3.46. The molecule has 0 aromatic carbocycles. The maximum Gasteiger partial charge on any atom is 0.227 e. The molecule has 0 amide bonds. The zero-order chi connectivity index (χ0) is 20.9. The smallest absolute Gasteiger partial charge is 0.227 e. The van der Waals surface area contributed by atoms with Gasteiger partial charge in [0.2, 0.25) is 5.95 Å². The number of anilines is 2. The highest BCUT2D eigenvalue weighted by molar-refractivity contribution is 7.84. The summed E-state index contributed by atoms with van der Waals surface area (Å²) in [5.41, 5.74) is -0.0765. The summed E-state index contributed by atoms with van der Waals surface area (Å²) in [5, 5.41) is 13.7. The van der Waals surface area contributed by atoms with E-state index in [-0.39, 0.29) is 17.6 Å². The van der Waals surface area contributed by atoms with Gasteiger partial charge in [0, 0.05) is 43.1 Å². The molecule has 3 heterocycles. The summed E-state index contributed by atoms with van der Waals surface area (Å²) in [6, 6.07) is 0. The van der Waals surface area contributed by atoms with Gasteiger partial charge >= 0.3 is 0 Å². The van der Waals surface area contributed by atoms with Crippen molar-refractivity contribution in [1.82, 2.24) is 19.9 Å². The number of hydrogen-bond acceptors (Lipinski definition) is 8. The van der Waals surface area contributed by atoms with Gasteiger partial charge in [-0.1, -0.05) is 11.6 Å². The number of nitrogens with one attached hydrogen (secondary N) is 1. The lowest BCUT2D eigenvalue weighted by Gasteiger charge is -2.58. The first-order chi connectivity index (χ1) is 14.4. The van der Waals surface area contributed by atoms with E-state index in [0.29, 0.717) is 27.6 Å². The average molecular weight is 449 g/mol. The highest BCUT2D eigenvalue weighted by Gasteiger charge is 2.54. The Hall–Kier alpha value is -1.84. The van der Waals surface area contributed by atoms with Gasteiger partial charge in [-0.3, -0.25) is 4.21 Å². The lowest BCUT2D eigenvalue weighted by atomic mass is 9.57. The second-order valence-electron chi connectivity index (χ2n) is 8.97. The van der Waals surface area contributed by atoms with E-state index in [1.54, 1.807) is 24.8 Å². The molecule has 8 nitrogen and oxygen atoms in total. The third-order valence-corrected chi connectivity index (χ3v) is 7.86. The molecule has 2 aliphatic carbocycles. The van der Waals surface area contributed by atoms with Gasteiger partial charge in [0.15, 0.2) is 0 Å². The van der Waals surface area contributed by atoms with Crippen molar-refractivity contribution in [1.29, 1.82) is 0 Å². The number of aromatic nitrogens is 4. The van der Waals surface area contributed by atoms with E-state index in [1.165, 1.54) is 0 Å². The minimum atomic E-state index is -1.20. The van der Waals surface area contributed by atoms with Gasteiger partial charge < -0.3 is 15.3 Å². The first-order valence-electron chi connectivity index (χ1n) is 10.2. The third-order valence-electron chi connectivity index (χ3n) is 6.75. The Morgan fingerprint density at radius 3 is 2.50 bits per heavy atom. The molecule has 5 rings (SSSR count). The summed E-state index contributed by atoms with van der Waals surface area (Å²) >= 11 is 5.88. The minimum Gasteiger partial charge on any atom is -0.394 e. The van der Waals surface area contributed by atoms with Crippen LogP contribution in [0.4, 0.5) is 11.8 Å². The monoisotopic (exact) mass is 448 g/mol. The van der Waals surface area contributed by atoms with Gasteiger partial charge in [-0.15, -0.1) is 0 Å². The number of nitrogens with zero attached hydrogens (tertiary/aromatic N) is 5. The fourth-order valence-corrected chi connectivity index (χ4v) is 5.52. The Labute approximate surface area is 183 Å². The second-order valence-corrected chi connectivity index (χ2v) is 10.8. The van der Waals surface area contributed by atoms with E-state index in [4.69, 9.17) is 16.6 Å². The van der Waals surface area contributed by atoms with Crippen LogP contribution in [0.3, 0.4) is 0 Å². The molecule has 2 aromatic heterocycles. The zero-order valence-corrected chi connectivity index (χ0v) is 18.4. The van der Waals surface area contributed by atoms with Gasteiger partial charge in [-0.25, -0.2) is 15.0 Å². The molecule has 10 heteroatoms. The maximum absolute atomic E-state index is 12.2. The van der Waals surface area contributed by atoms with E-state index in [9.17, 15) is 9.32 Å². The van der Waals surface area contributed by atoms with E-state index < -0.39 is 10.8 Å². The average Bonchev–Trinajstić information content (AvgIpc) is 2.64. The molecule has 1 saturated heterocycles. The highest BCUT2D eigenvalue weighted by atomic mass is 35.5. The van der Waals surface area contributed by atoms with Crippen molar-refractivity contribution in [2.75, 3.05) is 36.2 Å². The minimum absolute atomic E-state index is 0.0448. The first-order valence-corrected chi connectivity index (χ1v) is 12.2. The van der Waals surface area contributed by atoms with Crippen LogP contribution in [0.15, 0.2) is 23.5 Å². The van der Waals surface area contributed by atoms with Gasteiger partial charge in [-0.2, -0.15) is 4.98 Å². The Bertz CT molecular complexity index is 964. The van der Waals surface area contributed by atoms with Crippen LogP contribution in [0, 0.1) is 5.41 Å². The topological polar surface area (TPSA) is 104 Å². The summed E-state index contributed by atoms with van der Waals surface area (Å²) < 4.78 is 12.2. The molecule has 0 bridgehead atoms. The molecular formula is C20H25ClN6O2S. The molecule has 2 N–H and O–H groups in total. The molecule has 30 heavy (non-hydrogen) atoms. The maximum atomic E-state index is 12.2. The zero-order valence-electron chi connectivity index (χ0n) is 16.8. The van der Waals surface area contributed by atoms with Crippen molar-refractivity contribution in [3.05, 3.63) is 29.4 Å². The largest absolute Gasteiger partial charge is 0.394 e. The van der Waals surface area contributed by atoms with E-state index in [0.717, 1.165) is 51.0 Å². The summed E-state index contributed by atoms with van der Waals surface area (Å²) in [4.78, 5) is 20.6. The van der Waals surface area contributed by atoms with E-state index in [1.807, 2.05) is 0 Å². The van der Waals surface area contributed by atoms with Crippen LogP contribution in [0.25, 0.3) is 0 Å². The normalized spacial score (nSPS) is 22.7. The van der Waals surface area contributed by atoms with E-state index >= 15 is 0 Å². The molecule has 0 radical (unpaired) electrons. The van der Waals surface area contributed by atoms with Crippen molar-refractivity contribution < 1.29 is 9.32 Å². The Balaban J connectivity index is 1.26. The Morgan fingerprint density at radius 2 is 1.93 bits per heavy atom. The van der Waals surface area contributed by atoms with Crippen LogP contribution in [0.5, 0.6) is 0 Å².